The second-order valence-electron chi connectivity index (χ2n) is 4.23. The summed E-state index contributed by atoms with van der Waals surface area (Å²) in [6.07, 6.45) is 5.18. The van der Waals surface area contributed by atoms with Crippen molar-refractivity contribution in [2.45, 2.75) is 13.2 Å². The Morgan fingerprint density at radius 2 is 1.65 bits per heavy atom. The Morgan fingerprint density at radius 1 is 0.950 bits per heavy atom. The van der Waals surface area contributed by atoms with Gasteiger partial charge in [-0.15, -0.1) is 18.8 Å². The smallest absolute Gasteiger partial charge is 0.119 e. The van der Waals surface area contributed by atoms with Crippen LogP contribution in [0.15, 0.2) is 54.6 Å². The van der Waals surface area contributed by atoms with Gasteiger partial charge in [-0.2, -0.15) is 0 Å². The van der Waals surface area contributed by atoms with E-state index in [1.807, 2.05) is 42.5 Å². The van der Waals surface area contributed by atoms with E-state index >= 15 is 0 Å². The van der Waals surface area contributed by atoms with Crippen molar-refractivity contribution in [1.29, 1.82) is 0 Å². The van der Waals surface area contributed by atoms with Gasteiger partial charge in [0.15, 0.2) is 0 Å². The van der Waals surface area contributed by atoms with E-state index in [4.69, 9.17) is 11.2 Å². The minimum absolute atomic E-state index is 0. The first-order valence-corrected chi connectivity index (χ1v) is 6.28. The summed E-state index contributed by atoms with van der Waals surface area (Å²) < 4.78 is 5.72. The van der Waals surface area contributed by atoms with Crippen LogP contribution in [0.5, 0.6) is 5.75 Å². The quantitative estimate of drug-likeness (QED) is 0.649. The Kier molecular flexibility index (Phi) is 7.27. The number of terminal acetylenes is 1. The van der Waals surface area contributed by atoms with Gasteiger partial charge in [-0.3, -0.25) is 0 Å². The molecule has 20 heavy (non-hydrogen) atoms. The van der Waals surface area contributed by atoms with Crippen LogP contribution in [0, 0.1) is 12.3 Å². The molecule has 0 spiro atoms. The average molecular weight is 288 g/mol. The lowest BCUT2D eigenvalue weighted by Crippen LogP contribution is -2.12. The summed E-state index contributed by atoms with van der Waals surface area (Å²) in [5, 5.41) is 3.15. The van der Waals surface area contributed by atoms with Crippen molar-refractivity contribution in [3.63, 3.8) is 0 Å². The highest BCUT2D eigenvalue weighted by Crippen LogP contribution is 2.14. The molecule has 1 N–H and O–H groups in total. The van der Waals surface area contributed by atoms with Crippen LogP contribution in [0.3, 0.4) is 0 Å². The second-order valence-corrected chi connectivity index (χ2v) is 4.23. The number of ether oxygens (including phenoxy) is 1. The molecule has 104 valence electrons. The summed E-state index contributed by atoms with van der Waals surface area (Å²) in [5.41, 5.74) is 2.37. The summed E-state index contributed by atoms with van der Waals surface area (Å²) >= 11 is 0. The summed E-state index contributed by atoms with van der Waals surface area (Å²) in [4.78, 5) is 0. The van der Waals surface area contributed by atoms with E-state index in [1.165, 1.54) is 11.1 Å². The molecule has 0 bridgehead atoms. The number of rotatable bonds is 6. The molecule has 0 saturated carbocycles. The number of halogens is 1. The van der Waals surface area contributed by atoms with E-state index in [9.17, 15) is 0 Å². The lowest BCUT2D eigenvalue weighted by Gasteiger charge is -2.07. The molecule has 0 amide bonds. The molecule has 3 heteroatoms. The van der Waals surface area contributed by atoms with Crippen molar-refractivity contribution in [2.24, 2.45) is 0 Å². The third kappa shape index (κ3) is 5.36. The second kappa shape index (κ2) is 9.03. The summed E-state index contributed by atoms with van der Waals surface area (Å²) in [6.45, 7) is 1.96. The minimum atomic E-state index is 0. The van der Waals surface area contributed by atoms with Crippen LogP contribution in [0.4, 0.5) is 0 Å². The monoisotopic (exact) mass is 287 g/mol. The van der Waals surface area contributed by atoms with E-state index in [1.54, 1.807) is 0 Å². The molecule has 0 radical (unpaired) electrons. The van der Waals surface area contributed by atoms with Gasteiger partial charge in [-0.25, -0.2) is 0 Å². The Morgan fingerprint density at radius 3 is 2.30 bits per heavy atom. The van der Waals surface area contributed by atoms with Crippen molar-refractivity contribution in [1.82, 2.24) is 5.32 Å². The third-order valence-electron chi connectivity index (χ3n) is 2.73. The number of benzene rings is 2. The molecule has 2 aromatic rings. The zero-order valence-corrected chi connectivity index (χ0v) is 12.0. The lowest BCUT2D eigenvalue weighted by atomic mass is 10.2. The molecule has 0 aliphatic rings. The van der Waals surface area contributed by atoms with Crippen molar-refractivity contribution in [2.75, 3.05) is 6.54 Å². The van der Waals surface area contributed by atoms with Gasteiger partial charge >= 0.3 is 0 Å². The van der Waals surface area contributed by atoms with Crippen molar-refractivity contribution >= 4 is 12.4 Å². The van der Waals surface area contributed by atoms with Gasteiger partial charge in [0, 0.05) is 6.54 Å². The molecule has 2 aromatic carbocycles. The van der Waals surface area contributed by atoms with Gasteiger partial charge in [0.25, 0.3) is 0 Å². The SMILES string of the molecule is C#CCNCc1ccc(OCc2ccccc2)cc1.Cl. The van der Waals surface area contributed by atoms with E-state index in [0.717, 1.165) is 12.3 Å². The number of hydrogen-bond donors (Lipinski definition) is 1. The van der Waals surface area contributed by atoms with Crippen LogP contribution in [0.25, 0.3) is 0 Å². The molecule has 0 aliphatic carbocycles. The maximum atomic E-state index is 5.72. The van der Waals surface area contributed by atoms with Gasteiger partial charge < -0.3 is 10.1 Å². The highest BCUT2D eigenvalue weighted by molar-refractivity contribution is 5.85. The van der Waals surface area contributed by atoms with Crippen LogP contribution in [-0.2, 0) is 13.2 Å². The molecular formula is C17H18ClNO. The Hall–Kier alpha value is -1.95. The molecule has 0 fully saturated rings. The van der Waals surface area contributed by atoms with Crippen LogP contribution in [0.1, 0.15) is 11.1 Å². The summed E-state index contributed by atoms with van der Waals surface area (Å²) in [5.74, 6) is 3.43. The minimum Gasteiger partial charge on any atom is -0.489 e. The molecule has 2 rings (SSSR count). The van der Waals surface area contributed by atoms with Crippen LogP contribution >= 0.6 is 12.4 Å². The van der Waals surface area contributed by atoms with Gasteiger partial charge in [0.2, 0.25) is 0 Å². The standard InChI is InChI=1S/C17H17NO.ClH/c1-2-12-18-13-15-8-10-17(11-9-15)19-14-16-6-4-3-5-7-16;/h1,3-11,18H,12-14H2;1H. The third-order valence-corrected chi connectivity index (χ3v) is 2.73. The van der Waals surface area contributed by atoms with Crippen LogP contribution < -0.4 is 10.1 Å². The van der Waals surface area contributed by atoms with Crippen LogP contribution in [0.2, 0.25) is 0 Å². The molecule has 0 atom stereocenters. The maximum Gasteiger partial charge on any atom is 0.119 e. The fourth-order valence-electron chi connectivity index (χ4n) is 1.72. The maximum absolute atomic E-state index is 5.72. The Labute approximate surface area is 126 Å². The highest BCUT2D eigenvalue weighted by atomic mass is 35.5. The molecule has 0 aromatic heterocycles. The Bertz CT molecular complexity index is 531. The van der Waals surface area contributed by atoms with E-state index in [-0.39, 0.29) is 12.4 Å². The van der Waals surface area contributed by atoms with E-state index in [2.05, 4.69) is 23.4 Å². The highest BCUT2D eigenvalue weighted by Gasteiger charge is 1.96. The number of nitrogens with one attached hydrogen (secondary N) is 1. The molecule has 0 aliphatic heterocycles. The first-order chi connectivity index (χ1) is 9.38. The van der Waals surface area contributed by atoms with Crippen molar-refractivity contribution < 1.29 is 4.74 Å². The van der Waals surface area contributed by atoms with E-state index in [0.29, 0.717) is 13.2 Å². The van der Waals surface area contributed by atoms with E-state index < -0.39 is 0 Å². The molecule has 0 heterocycles. The Balaban J connectivity index is 0.00000200. The first kappa shape index (κ1) is 16.1. The summed E-state index contributed by atoms with van der Waals surface area (Å²) in [7, 11) is 0. The van der Waals surface area contributed by atoms with Crippen molar-refractivity contribution in [3.8, 4) is 18.1 Å². The predicted octanol–water partition coefficient (Wildman–Crippen LogP) is 3.41. The topological polar surface area (TPSA) is 21.3 Å². The normalized spacial score (nSPS) is 9.35. The predicted molar refractivity (Wildman–Crippen MR) is 85.0 cm³/mol. The molecule has 2 nitrogen and oxygen atoms in total. The van der Waals surface area contributed by atoms with Crippen molar-refractivity contribution in [3.05, 3.63) is 65.7 Å². The van der Waals surface area contributed by atoms with Crippen LogP contribution in [-0.4, -0.2) is 6.54 Å². The average Bonchev–Trinajstić information content (AvgIpc) is 2.48. The van der Waals surface area contributed by atoms with Gasteiger partial charge in [-0.1, -0.05) is 48.4 Å². The fraction of sp³-hybridized carbons (Fsp3) is 0.176. The summed E-state index contributed by atoms with van der Waals surface area (Å²) in [6, 6.07) is 18.2. The fourth-order valence-corrected chi connectivity index (χ4v) is 1.72. The number of hydrogen-bond acceptors (Lipinski definition) is 2. The zero-order valence-electron chi connectivity index (χ0n) is 11.2. The molecular weight excluding hydrogens is 270 g/mol. The largest absolute Gasteiger partial charge is 0.489 e. The first-order valence-electron chi connectivity index (χ1n) is 6.28. The lowest BCUT2D eigenvalue weighted by molar-refractivity contribution is 0.306. The van der Waals surface area contributed by atoms with Gasteiger partial charge in [0.1, 0.15) is 12.4 Å². The molecule has 0 unspecified atom stereocenters. The molecule has 0 saturated heterocycles. The van der Waals surface area contributed by atoms with Gasteiger partial charge in [0.05, 0.1) is 6.54 Å². The van der Waals surface area contributed by atoms with Gasteiger partial charge in [-0.05, 0) is 23.3 Å². The zero-order chi connectivity index (χ0) is 13.3.